The van der Waals surface area contributed by atoms with E-state index < -0.39 is 0 Å². The van der Waals surface area contributed by atoms with Crippen LogP contribution in [0.1, 0.15) is 13.3 Å². The maximum atomic E-state index is 4.01. The van der Waals surface area contributed by atoms with Crippen LogP contribution in [0.15, 0.2) is 46.2 Å². The third-order valence-electron chi connectivity index (χ3n) is 2.31. The molecule has 1 heterocycles. The van der Waals surface area contributed by atoms with Crippen molar-refractivity contribution in [3.63, 3.8) is 0 Å². The van der Waals surface area contributed by atoms with Gasteiger partial charge in [0.1, 0.15) is 0 Å². The highest BCUT2D eigenvalue weighted by molar-refractivity contribution is 8.04. The Kier molecular flexibility index (Phi) is 2.49. The zero-order valence-corrected chi connectivity index (χ0v) is 9.68. The molecule has 1 aliphatic carbocycles. The van der Waals surface area contributed by atoms with E-state index in [4.69, 9.17) is 0 Å². The summed E-state index contributed by atoms with van der Waals surface area (Å²) in [5.74, 6) is 0. The first kappa shape index (κ1) is 9.30. The summed E-state index contributed by atoms with van der Waals surface area (Å²) in [6.45, 7) is 6.09. The summed E-state index contributed by atoms with van der Waals surface area (Å²) in [5, 5.41) is 2.00. The summed E-state index contributed by atoms with van der Waals surface area (Å²) in [6, 6.07) is 0. The molecule has 0 fully saturated rings. The van der Waals surface area contributed by atoms with Crippen molar-refractivity contribution >= 4 is 21.0 Å². The standard InChI is InChI=1S/C11H13PS/c1-7(2)11-10(12)8-5-3-4-6-9(8)13-11/h3-5,9H,1,6,12H2,2H3. The van der Waals surface area contributed by atoms with E-state index in [1.807, 2.05) is 11.8 Å². The molecule has 2 rings (SSSR count). The summed E-state index contributed by atoms with van der Waals surface area (Å²) in [4.78, 5) is 1.37. The molecule has 0 aromatic carbocycles. The SMILES string of the molecule is C=C(C)C1=C(P)C2=CC=CCC2S1. The summed E-state index contributed by atoms with van der Waals surface area (Å²) in [7, 11) is 2.85. The van der Waals surface area contributed by atoms with Crippen molar-refractivity contribution in [3.8, 4) is 0 Å². The lowest BCUT2D eigenvalue weighted by molar-refractivity contribution is 1.02. The molecule has 0 saturated carbocycles. The molecule has 0 bridgehead atoms. The highest BCUT2D eigenvalue weighted by atomic mass is 32.2. The molecule has 2 atom stereocenters. The molecule has 0 amide bonds. The van der Waals surface area contributed by atoms with Crippen LogP contribution in [0.25, 0.3) is 0 Å². The molecule has 13 heavy (non-hydrogen) atoms. The average Bonchev–Trinajstić information content (AvgIpc) is 2.45. The highest BCUT2D eigenvalue weighted by Gasteiger charge is 2.27. The van der Waals surface area contributed by atoms with Crippen LogP contribution < -0.4 is 0 Å². The first-order valence-corrected chi connectivity index (χ1v) is 5.85. The second-order valence-corrected chi connectivity index (χ2v) is 5.21. The fourth-order valence-electron chi connectivity index (χ4n) is 1.65. The Morgan fingerprint density at radius 1 is 1.69 bits per heavy atom. The van der Waals surface area contributed by atoms with Crippen molar-refractivity contribution in [2.45, 2.75) is 18.6 Å². The first-order chi connectivity index (χ1) is 6.20. The van der Waals surface area contributed by atoms with E-state index in [1.165, 1.54) is 21.4 Å². The fraction of sp³-hybridized carbons (Fsp3) is 0.273. The van der Waals surface area contributed by atoms with Gasteiger partial charge in [0.05, 0.1) is 0 Å². The molecule has 0 saturated heterocycles. The minimum atomic E-state index is 0.643. The molecule has 0 aromatic rings. The molecule has 68 valence electrons. The third-order valence-corrected chi connectivity index (χ3v) is 4.68. The molecule has 0 aromatic heterocycles. The Morgan fingerprint density at radius 2 is 2.46 bits per heavy atom. The molecule has 2 aliphatic rings. The van der Waals surface area contributed by atoms with Gasteiger partial charge in [-0.25, -0.2) is 0 Å². The van der Waals surface area contributed by atoms with Crippen LogP contribution in [-0.4, -0.2) is 5.25 Å². The lowest BCUT2D eigenvalue weighted by Crippen LogP contribution is -2.02. The lowest BCUT2D eigenvalue weighted by atomic mass is 10.0. The van der Waals surface area contributed by atoms with Crippen LogP contribution in [0.3, 0.4) is 0 Å². The number of hydrogen-bond donors (Lipinski definition) is 0. The van der Waals surface area contributed by atoms with Crippen molar-refractivity contribution in [3.05, 3.63) is 46.2 Å². The van der Waals surface area contributed by atoms with Gasteiger partial charge in [0, 0.05) is 10.2 Å². The minimum absolute atomic E-state index is 0.643. The van der Waals surface area contributed by atoms with E-state index in [-0.39, 0.29) is 0 Å². The molecule has 0 spiro atoms. The molecule has 2 unspecified atom stereocenters. The molecule has 2 heteroatoms. The quantitative estimate of drug-likeness (QED) is 0.593. The number of rotatable bonds is 1. The Bertz CT molecular complexity index is 347. The van der Waals surface area contributed by atoms with E-state index in [1.54, 1.807) is 0 Å². The van der Waals surface area contributed by atoms with Gasteiger partial charge in [0.2, 0.25) is 0 Å². The Hall–Kier alpha value is -0.260. The van der Waals surface area contributed by atoms with Crippen LogP contribution in [-0.2, 0) is 0 Å². The summed E-state index contributed by atoms with van der Waals surface area (Å²) in [6.07, 6.45) is 7.77. The number of allylic oxidation sites excluding steroid dienone is 5. The van der Waals surface area contributed by atoms with Crippen molar-refractivity contribution in [1.82, 2.24) is 0 Å². The number of fused-ring (bicyclic) bond motifs is 1. The molecular weight excluding hydrogens is 195 g/mol. The van der Waals surface area contributed by atoms with Crippen LogP contribution >= 0.6 is 21.0 Å². The normalized spacial score (nSPS) is 26.0. The summed E-state index contributed by atoms with van der Waals surface area (Å²) < 4.78 is 0. The Balaban J connectivity index is 2.39. The number of thioether (sulfide) groups is 1. The Labute approximate surface area is 86.1 Å². The van der Waals surface area contributed by atoms with E-state index >= 15 is 0 Å². The smallest absolute Gasteiger partial charge is 0.0385 e. The van der Waals surface area contributed by atoms with E-state index in [2.05, 4.69) is 41.0 Å². The highest BCUT2D eigenvalue weighted by Crippen LogP contribution is 2.49. The van der Waals surface area contributed by atoms with Crippen LogP contribution in [0.5, 0.6) is 0 Å². The minimum Gasteiger partial charge on any atom is -0.117 e. The van der Waals surface area contributed by atoms with Crippen LogP contribution in [0.2, 0.25) is 0 Å². The molecule has 0 nitrogen and oxygen atoms in total. The van der Waals surface area contributed by atoms with Gasteiger partial charge in [-0.3, -0.25) is 0 Å². The average molecular weight is 208 g/mol. The Morgan fingerprint density at radius 3 is 3.08 bits per heavy atom. The van der Waals surface area contributed by atoms with E-state index in [0.29, 0.717) is 5.25 Å². The molecule has 1 aliphatic heterocycles. The van der Waals surface area contributed by atoms with Crippen molar-refractivity contribution in [1.29, 1.82) is 0 Å². The maximum Gasteiger partial charge on any atom is 0.0385 e. The van der Waals surface area contributed by atoms with E-state index in [0.717, 1.165) is 6.42 Å². The molecular formula is C11H13PS. The van der Waals surface area contributed by atoms with Gasteiger partial charge in [0.25, 0.3) is 0 Å². The zero-order chi connectivity index (χ0) is 9.42. The van der Waals surface area contributed by atoms with Gasteiger partial charge >= 0.3 is 0 Å². The van der Waals surface area contributed by atoms with Crippen LogP contribution in [0.4, 0.5) is 0 Å². The van der Waals surface area contributed by atoms with Crippen LogP contribution in [0, 0.1) is 0 Å². The largest absolute Gasteiger partial charge is 0.117 e. The van der Waals surface area contributed by atoms with E-state index in [9.17, 15) is 0 Å². The second kappa shape index (κ2) is 3.48. The number of hydrogen-bond acceptors (Lipinski definition) is 1. The van der Waals surface area contributed by atoms with Gasteiger partial charge < -0.3 is 0 Å². The monoisotopic (exact) mass is 208 g/mol. The van der Waals surface area contributed by atoms with Gasteiger partial charge in [-0.1, -0.05) is 24.8 Å². The van der Waals surface area contributed by atoms with Gasteiger partial charge in [-0.2, -0.15) is 0 Å². The predicted octanol–water partition coefficient (Wildman–Crippen LogP) is 3.65. The van der Waals surface area contributed by atoms with Crippen molar-refractivity contribution < 1.29 is 0 Å². The summed E-state index contributed by atoms with van der Waals surface area (Å²) in [5.41, 5.74) is 2.65. The fourth-order valence-corrected chi connectivity index (χ4v) is 3.79. The van der Waals surface area contributed by atoms with Gasteiger partial charge in [0.15, 0.2) is 0 Å². The van der Waals surface area contributed by atoms with Gasteiger partial charge in [-0.05, 0) is 29.8 Å². The summed E-state index contributed by atoms with van der Waals surface area (Å²) >= 11 is 1.95. The topological polar surface area (TPSA) is 0 Å². The predicted molar refractivity (Wildman–Crippen MR) is 64.8 cm³/mol. The first-order valence-electron chi connectivity index (χ1n) is 4.39. The van der Waals surface area contributed by atoms with Crippen molar-refractivity contribution in [2.75, 3.05) is 0 Å². The molecule has 0 N–H and O–H groups in total. The zero-order valence-electron chi connectivity index (χ0n) is 7.71. The lowest BCUT2D eigenvalue weighted by Gasteiger charge is -2.12. The van der Waals surface area contributed by atoms with Gasteiger partial charge in [-0.15, -0.1) is 21.0 Å². The second-order valence-electron chi connectivity index (χ2n) is 3.42. The maximum absolute atomic E-state index is 4.01. The van der Waals surface area contributed by atoms with Crippen molar-refractivity contribution in [2.24, 2.45) is 0 Å². The molecule has 0 radical (unpaired) electrons. The third kappa shape index (κ3) is 1.56.